The number of imidazole rings is 2. The van der Waals surface area contributed by atoms with E-state index in [1.165, 1.54) is 0 Å². The number of β-amino-alcohol motifs (C(OH)–C–C–N with tert-alkyl or cyclic N) is 2. The number of fused-ring (bicyclic) bond motifs is 2. The number of aliphatic carboxylic acids is 2. The Morgan fingerprint density at radius 3 is 1.40 bits per heavy atom. The van der Waals surface area contributed by atoms with Crippen LogP contribution in [0.1, 0.15) is 61.6 Å². The molecule has 2 aliphatic rings. The van der Waals surface area contributed by atoms with Crippen molar-refractivity contribution in [2.75, 3.05) is 63.1 Å². The van der Waals surface area contributed by atoms with Crippen molar-refractivity contribution >= 4 is 45.9 Å². The summed E-state index contributed by atoms with van der Waals surface area (Å²) in [5.74, 6) is 1.90. The molecule has 322 valence electrons. The van der Waals surface area contributed by atoms with E-state index >= 15 is 0 Å². The minimum Gasteiger partial charge on any atom is -0.473 e. The molecule has 0 bridgehead atoms. The van der Waals surface area contributed by atoms with Gasteiger partial charge >= 0.3 is 11.9 Å². The molecular weight excluding hydrogens is 769 g/mol. The van der Waals surface area contributed by atoms with Crippen molar-refractivity contribution in [3.05, 3.63) is 95.8 Å². The fourth-order valence-corrected chi connectivity index (χ4v) is 7.84. The van der Waals surface area contributed by atoms with Gasteiger partial charge in [0, 0.05) is 38.3 Å². The predicted octanol–water partition coefficient (Wildman–Crippen LogP) is 5.65. The van der Waals surface area contributed by atoms with Gasteiger partial charge in [0.15, 0.2) is 0 Å². The van der Waals surface area contributed by atoms with E-state index in [4.69, 9.17) is 38.6 Å². The Balaban J connectivity index is 0.000000177. The topological polar surface area (TPSA) is 208 Å². The normalized spacial score (nSPS) is 17.5. The summed E-state index contributed by atoms with van der Waals surface area (Å²) in [7, 11) is 0. The van der Waals surface area contributed by atoms with Crippen LogP contribution in [0.15, 0.2) is 81.6 Å². The van der Waals surface area contributed by atoms with E-state index in [2.05, 4.69) is 66.0 Å². The van der Waals surface area contributed by atoms with E-state index in [0.29, 0.717) is 25.2 Å². The van der Waals surface area contributed by atoms with E-state index in [-0.39, 0.29) is 13.2 Å². The van der Waals surface area contributed by atoms with Gasteiger partial charge in [0.1, 0.15) is 23.0 Å². The Hall–Kier alpha value is -5.68. The lowest BCUT2D eigenvalue weighted by molar-refractivity contribution is -0.159. The minimum absolute atomic E-state index is 0.233. The number of anilines is 2. The van der Waals surface area contributed by atoms with Gasteiger partial charge in [0.25, 0.3) is 0 Å². The Morgan fingerprint density at radius 1 is 0.617 bits per heavy atom. The van der Waals surface area contributed by atoms with Crippen LogP contribution < -0.4 is 10.6 Å². The van der Waals surface area contributed by atoms with E-state index < -0.39 is 11.9 Å². The molecule has 4 aromatic heterocycles. The number of aromatic nitrogens is 4. The number of aryl methyl sites for hydroxylation is 2. The Morgan fingerprint density at radius 2 is 1.03 bits per heavy atom. The number of carboxylic acid groups (broad SMARTS) is 2. The summed E-state index contributed by atoms with van der Waals surface area (Å²) in [6.45, 7) is 11.4. The lowest BCUT2D eigenvalue weighted by Crippen LogP contribution is -2.29. The van der Waals surface area contributed by atoms with Crippen LogP contribution in [0.3, 0.4) is 0 Å². The first kappa shape index (κ1) is 43.9. The molecule has 0 radical (unpaired) electrons. The number of hydrogen-bond acceptors (Lipinski definition) is 12. The molecule has 6 aromatic rings. The highest BCUT2D eigenvalue weighted by molar-refractivity contribution is 6.27. The molecule has 0 spiro atoms. The smallest absolute Gasteiger partial charge is 0.414 e. The first-order valence-corrected chi connectivity index (χ1v) is 20.8. The van der Waals surface area contributed by atoms with Gasteiger partial charge in [-0.2, -0.15) is 0 Å². The third kappa shape index (κ3) is 12.2. The minimum atomic E-state index is -1.82. The van der Waals surface area contributed by atoms with Crippen molar-refractivity contribution in [3.8, 4) is 0 Å². The van der Waals surface area contributed by atoms with Crippen LogP contribution in [0.2, 0.25) is 0 Å². The summed E-state index contributed by atoms with van der Waals surface area (Å²) in [5, 5.41) is 40.5. The van der Waals surface area contributed by atoms with Crippen molar-refractivity contribution in [2.45, 2.75) is 77.5 Å². The van der Waals surface area contributed by atoms with Gasteiger partial charge in [-0.1, -0.05) is 24.3 Å². The Bertz CT molecular complexity index is 2120. The second-order valence-electron chi connectivity index (χ2n) is 15.3. The maximum atomic E-state index is 9.19. The molecule has 2 atom stereocenters. The highest BCUT2D eigenvalue weighted by Gasteiger charge is 2.22. The molecule has 16 heteroatoms. The largest absolute Gasteiger partial charge is 0.473 e. The van der Waals surface area contributed by atoms with Crippen molar-refractivity contribution in [1.29, 1.82) is 0 Å². The highest BCUT2D eigenvalue weighted by atomic mass is 16.4. The lowest BCUT2D eigenvalue weighted by atomic mass is 10.1. The number of carbonyl (C=O) groups is 2. The second kappa shape index (κ2) is 21.5. The fourth-order valence-electron chi connectivity index (χ4n) is 7.84. The zero-order chi connectivity index (χ0) is 42.4. The monoisotopic (exact) mass is 826 g/mol. The first-order chi connectivity index (χ1) is 29.1. The molecule has 0 amide bonds. The number of rotatable bonds is 12. The number of nitrogens with zero attached hydrogens (tertiary/aromatic N) is 6. The van der Waals surface area contributed by atoms with E-state index in [1.54, 1.807) is 0 Å². The fraction of sp³-hybridized carbons (Fsp3) is 0.455. The van der Waals surface area contributed by atoms with Crippen molar-refractivity contribution in [1.82, 2.24) is 28.9 Å². The molecular formula is C44H58N8O8. The standard InChI is InChI=1S/2C21H28N4O2.C2H2O4/c2*1-16-8-9-18(27-16)15-25-20-7-3-2-6-19(20)23-21(25)22-17-5-4-11-24(12-10-17)13-14-26;3-1(4)2(5)6/h2*2-3,6-9,17,26H,4-5,10-15H2,1H3,(H,22,23);(H,3,4)(H,5,6). The summed E-state index contributed by atoms with van der Waals surface area (Å²) < 4.78 is 16.0. The molecule has 16 nitrogen and oxygen atoms in total. The summed E-state index contributed by atoms with van der Waals surface area (Å²) in [6.07, 6.45) is 6.62. The van der Waals surface area contributed by atoms with Crippen molar-refractivity contribution in [2.24, 2.45) is 0 Å². The van der Waals surface area contributed by atoms with Crippen LogP contribution in [0.25, 0.3) is 22.1 Å². The zero-order valence-corrected chi connectivity index (χ0v) is 34.5. The van der Waals surface area contributed by atoms with E-state index in [0.717, 1.165) is 135 Å². The van der Waals surface area contributed by atoms with Gasteiger partial charge in [-0.15, -0.1) is 0 Å². The Labute approximate surface area is 349 Å². The van der Waals surface area contributed by atoms with Gasteiger partial charge in [0.2, 0.25) is 11.9 Å². The molecule has 6 N–H and O–H groups in total. The molecule has 2 unspecified atom stereocenters. The number of hydrogen-bond donors (Lipinski definition) is 6. The summed E-state index contributed by atoms with van der Waals surface area (Å²) >= 11 is 0. The number of benzene rings is 2. The summed E-state index contributed by atoms with van der Waals surface area (Å²) in [6, 6.07) is 25.3. The third-order valence-corrected chi connectivity index (χ3v) is 10.9. The molecule has 2 aliphatic heterocycles. The number of furan rings is 2. The SMILES string of the molecule is Cc1ccc(Cn2c(NC3CCCN(CCO)CC3)nc3ccccc32)o1.Cc1ccc(Cn2c(NC3CCCN(CCO)CC3)nc3ccccc32)o1.O=C(O)C(=O)O. The van der Waals surface area contributed by atoms with Gasteiger partial charge < -0.3 is 58.8 Å². The zero-order valence-electron chi connectivity index (χ0n) is 34.5. The molecule has 2 aromatic carbocycles. The molecule has 6 heterocycles. The molecule has 0 aliphatic carbocycles. The Kier molecular flexibility index (Phi) is 15.8. The van der Waals surface area contributed by atoms with Gasteiger partial charge in [-0.3, -0.25) is 0 Å². The summed E-state index contributed by atoms with van der Waals surface area (Å²) in [5.41, 5.74) is 4.23. The number of aliphatic hydroxyl groups is 2. The molecule has 2 fully saturated rings. The third-order valence-electron chi connectivity index (χ3n) is 10.9. The van der Waals surface area contributed by atoms with Gasteiger partial charge in [-0.05, 0) is 114 Å². The highest BCUT2D eigenvalue weighted by Crippen LogP contribution is 2.26. The average Bonchev–Trinajstić information content (AvgIpc) is 3.93. The number of nitrogens with one attached hydrogen (secondary N) is 2. The predicted molar refractivity (Wildman–Crippen MR) is 229 cm³/mol. The number of para-hydroxylation sites is 4. The number of aliphatic hydroxyl groups excluding tert-OH is 2. The van der Waals surface area contributed by atoms with E-state index in [1.807, 2.05) is 50.2 Å². The van der Waals surface area contributed by atoms with Crippen LogP contribution in [0, 0.1) is 13.8 Å². The van der Waals surface area contributed by atoms with Crippen LogP contribution in [-0.4, -0.2) is 126 Å². The number of carboxylic acids is 2. The molecule has 60 heavy (non-hydrogen) atoms. The second-order valence-corrected chi connectivity index (χ2v) is 15.3. The van der Waals surface area contributed by atoms with E-state index in [9.17, 15) is 10.2 Å². The average molecular weight is 827 g/mol. The quantitative estimate of drug-likeness (QED) is 0.0826. The van der Waals surface area contributed by atoms with Crippen molar-refractivity contribution in [3.63, 3.8) is 0 Å². The summed E-state index contributed by atoms with van der Waals surface area (Å²) in [4.78, 5) is 32.6. The molecule has 2 saturated heterocycles. The van der Waals surface area contributed by atoms with Crippen LogP contribution in [0.4, 0.5) is 11.9 Å². The van der Waals surface area contributed by atoms with Gasteiger partial charge in [-0.25, -0.2) is 19.6 Å². The molecule has 8 rings (SSSR count). The van der Waals surface area contributed by atoms with Crippen LogP contribution in [-0.2, 0) is 22.7 Å². The molecule has 0 saturated carbocycles. The van der Waals surface area contributed by atoms with Gasteiger partial charge in [0.05, 0.1) is 48.4 Å². The first-order valence-electron chi connectivity index (χ1n) is 20.8. The van der Waals surface area contributed by atoms with Crippen molar-refractivity contribution < 1.29 is 38.8 Å². The maximum Gasteiger partial charge on any atom is 0.414 e. The number of likely N-dealkylation sites (tertiary alicyclic amines) is 2. The maximum absolute atomic E-state index is 9.19. The van der Waals surface area contributed by atoms with Crippen LogP contribution in [0.5, 0.6) is 0 Å². The lowest BCUT2D eigenvalue weighted by Gasteiger charge is -2.20. The van der Waals surface area contributed by atoms with Crippen LogP contribution >= 0.6 is 0 Å².